The molecule has 0 aromatic rings. The van der Waals surface area contributed by atoms with Crippen LogP contribution in [0, 0.1) is 0 Å². The molecule has 3 heteroatoms. The summed E-state index contributed by atoms with van der Waals surface area (Å²) in [6.45, 7) is 0. The Balaban J connectivity index is 2.30. The number of nitrogens with one attached hydrogen (secondary N) is 1. The van der Waals surface area contributed by atoms with Crippen molar-refractivity contribution in [2.24, 2.45) is 0 Å². The minimum Gasteiger partial charge on any atom is -0.288 e. The Bertz CT molecular complexity index is 489. The molecule has 3 rings (SSSR count). The summed E-state index contributed by atoms with van der Waals surface area (Å²) in [4.78, 5) is 22.9. The topological polar surface area (TPSA) is 46.2 Å². The first kappa shape index (κ1) is 7.50. The lowest BCUT2D eigenvalue weighted by atomic mass is 9.82. The van der Waals surface area contributed by atoms with Gasteiger partial charge in [-0.3, -0.25) is 14.9 Å². The van der Waals surface area contributed by atoms with Gasteiger partial charge in [-0.05, 0) is 29.7 Å². The van der Waals surface area contributed by atoms with Gasteiger partial charge in [0, 0.05) is 11.1 Å². The molecule has 3 nitrogen and oxygen atoms in total. The molecule has 14 heavy (non-hydrogen) atoms. The lowest BCUT2D eigenvalue weighted by molar-refractivity contribution is -0.126. The van der Waals surface area contributed by atoms with Crippen molar-refractivity contribution in [3.63, 3.8) is 0 Å². The number of allylic oxidation sites excluding steroid dienone is 4. The average Bonchev–Trinajstić information content (AvgIpc) is 2.17. The van der Waals surface area contributed by atoms with Crippen molar-refractivity contribution in [2.75, 3.05) is 0 Å². The maximum atomic E-state index is 11.4. The zero-order valence-corrected chi connectivity index (χ0v) is 7.33. The number of rotatable bonds is 0. The number of fused-ring (bicyclic) bond motifs is 1. The maximum Gasteiger partial charge on any atom is 0.258 e. The Morgan fingerprint density at radius 1 is 1.07 bits per heavy atom. The van der Waals surface area contributed by atoms with Gasteiger partial charge in [0.05, 0.1) is 0 Å². The molecule has 0 aromatic heterocycles. The second-order valence-electron chi connectivity index (χ2n) is 3.51. The first-order valence-corrected chi connectivity index (χ1v) is 4.44. The van der Waals surface area contributed by atoms with Crippen LogP contribution in [0.4, 0.5) is 0 Å². The smallest absolute Gasteiger partial charge is 0.258 e. The highest BCUT2D eigenvalue weighted by Crippen LogP contribution is 2.34. The van der Waals surface area contributed by atoms with Crippen molar-refractivity contribution in [3.05, 3.63) is 46.6 Å². The quantitative estimate of drug-likeness (QED) is 0.566. The molecule has 2 bridgehead atoms. The van der Waals surface area contributed by atoms with Gasteiger partial charge in [-0.1, -0.05) is 12.2 Å². The number of hydrogen-bond donors (Lipinski definition) is 1. The van der Waals surface area contributed by atoms with Crippen LogP contribution in [0.15, 0.2) is 46.6 Å². The lowest BCUT2D eigenvalue weighted by Gasteiger charge is -2.26. The van der Waals surface area contributed by atoms with Crippen molar-refractivity contribution in [1.29, 1.82) is 0 Å². The van der Waals surface area contributed by atoms with Crippen LogP contribution < -0.4 is 5.32 Å². The zero-order chi connectivity index (χ0) is 9.71. The van der Waals surface area contributed by atoms with E-state index in [1.54, 1.807) is 12.2 Å². The van der Waals surface area contributed by atoms with E-state index in [1.807, 2.05) is 12.2 Å². The monoisotopic (exact) mass is 185 g/mol. The summed E-state index contributed by atoms with van der Waals surface area (Å²) < 4.78 is 0. The molecule has 2 aliphatic carbocycles. The molecular weight excluding hydrogens is 178 g/mol. The Morgan fingerprint density at radius 3 is 2.79 bits per heavy atom. The van der Waals surface area contributed by atoms with Crippen LogP contribution in [0.25, 0.3) is 0 Å². The highest BCUT2D eigenvalue weighted by atomic mass is 16.2. The van der Waals surface area contributed by atoms with Gasteiger partial charge in [0.25, 0.3) is 11.8 Å². The Hall–Kier alpha value is -1.90. The minimum atomic E-state index is -0.278. The molecule has 0 atom stereocenters. The molecule has 3 aliphatic rings. The minimum absolute atomic E-state index is 0.278. The average molecular weight is 185 g/mol. The van der Waals surface area contributed by atoms with Crippen LogP contribution in [0.2, 0.25) is 0 Å². The fourth-order valence-electron chi connectivity index (χ4n) is 1.96. The van der Waals surface area contributed by atoms with Gasteiger partial charge in [0.15, 0.2) is 0 Å². The summed E-state index contributed by atoms with van der Waals surface area (Å²) in [7, 11) is 0. The number of amides is 2. The standard InChI is InChI=1S/C11H7NO2/c13-10-7-3-1-6-2-4-8(9(7)5-6)11(14)12-10/h1-4H,5H2,(H,12,13,14). The first-order chi connectivity index (χ1) is 6.75. The van der Waals surface area contributed by atoms with Crippen LogP contribution in [-0.2, 0) is 9.59 Å². The molecule has 68 valence electrons. The number of hydrogen-bond acceptors (Lipinski definition) is 2. The summed E-state index contributed by atoms with van der Waals surface area (Å²) in [5.41, 5.74) is 3.29. The summed E-state index contributed by atoms with van der Waals surface area (Å²) in [6.07, 6.45) is 8.10. The highest BCUT2D eigenvalue weighted by molar-refractivity contribution is 6.18. The van der Waals surface area contributed by atoms with Crippen molar-refractivity contribution in [2.45, 2.75) is 6.42 Å². The van der Waals surface area contributed by atoms with Gasteiger partial charge in [-0.25, -0.2) is 0 Å². The molecular formula is C11H7NO2. The molecule has 0 fully saturated rings. The molecule has 0 aromatic carbocycles. The second-order valence-corrected chi connectivity index (χ2v) is 3.51. The van der Waals surface area contributed by atoms with Gasteiger partial charge < -0.3 is 0 Å². The lowest BCUT2D eigenvalue weighted by Crippen LogP contribution is -2.39. The predicted molar refractivity (Wildman–Crippen MR) is 50.1 cm³/mol. The first-order valence-electron chi connectivity index (χ1n) is 4.44. The molecule has 1 heterocycles. The summed E-state index contributed by atoms with van der Waals surface area (Å²) >= 11 is 0. The van der Waals surface area contributed by atoms with E-state index in [1.165, 1.54) is 0 Å². The van der Waals surface area contributed by atoms with Crippen molar-refractivity contribution in [3.8, 4) is 0 Å². The normalized spacial score (nSPS) is 23.1. The van der Waals surface area contributed by atoms with E-state index in [0.717, 1.165) is 11.1 Å². The Kier molecular flexibility index (Phi) is 1.24. The zero-order valence-electron chi connectivity index (χ0n) is 7.33. The Morgan fingerprint density at radius 2 is 1.93 bits per heavy atom. The van der Waals surface area contributed by atoms with E-state index < -0.39 is 0 Å². The van der Waals surface area contributed by atoms with Crippen LogP contribution in [-0.4, -0.2) is 11.8 Å². The summed E-state index contributed by atoms with van der Waals surface area (Å²) in [5, 5.41) is 2.32. The van der Waals surface area contributed by atoms with E-state index in [4.69, 9.17) is 0 Å². The molecule has 0 saturated carbocycles. The van der Waals surface area contributed by atoms with Crippen LogP contribution in [0.3, 0.4) is 0 Å². The molecule has 0 radical (unpaired) electrons. The SMILES string of the molecule is O=C1NC(=O)C2=C3CC(=CC=C13)C=C2. The largest absolute Gasteiger partial charge is 0.288 e. The fraction of sp³-hybridized carbons (Fsp3) is 0.0909. The van der Waals surface area contributed by atoms with Gasteiger partial charge in [-0.15, -0.1) is 0 Å². The van der Waals surface area contributed by atoms with Crippen LogP contribution in [0.5, 0.6) is 0 Å². The van der Waals surface area contributed by atoms with Crippen molar-refractivity contribution in [1.82, 2.24) is 5.32 Å². The van der Waals surface area contributed by atoms with Crippen LogP contribution >= 0.6 is 0 Å². The third-order valence-electron chi connectivity index (χ3n) is 2.68. The number of carbonyl (C=O) groups is 2. The van der Waals surface area contributed by atoms with E-state index in [9.17, 15) is 9.59 Å². The van der Waals surface area contributed by atoms with Crippen molar-refractivity contribution < 1.29 is 9.59 Å². The van der Waals surface area contributed by atoms with Crippen molar-refractivity contribution >= 4 is 11.8 Å². The molecule has 0 unspecified atom stereocenters. The molecule has 0 spiro atoms. The maximum absolute atomic E-state index is 11.4. The number of imide groups is 1. The molecule has 0 saturated heterocycles. The third kappa shape index (κ3) is 0.812. The predicted octanol–water partition coefficient (Wildman–Crippen LogP) is 0.766. The second kappa shape index (κ2) is 2.32. The van der Waals surface area contributed by atoms with Gasteiger partial charge >= 0.3 is 0 Å². The van der Waals surface area contributed by atoms with E-state index >= 15 is 0 Å². The number of carbonyl (C=O) groups excluding carboxylic acids is 2. The Labute approximate surface area is 80.5 Å². The fourth-order valence-corrected chi connectivity index (χ4v) is 1.96. The molecule has 1 aliphatic heterocycles. The van der Waals surface area contributed by atoms with Crippen LogP contribution in [0.1, 0.15) is 6.42 Å². The molecule has 1 N–H and O–H groups in total. The summed E-state index contributed by atoms with van der Waals surface area (Å²) in [5.74, 6) is -0.557. The summed E-state index contributed by atoms with van der Waals surface area (Å²) in [6, 6.07) is 0. The molecule has 2 amide bonds. The highest BCUT2D eigenvalue weighted by Gasteiger charge is 2.31. The van der Waals surface area contributed by atoms with Gasteiger partial charge in [0.1, 0.15) is 0 Å². The van der Waals surface area contributed by atoms with E-state index in [-0.39, 0.29) is 11.8 Å². The van der Waals surface area contributed by atoms with Gasteiger partial charge in [0.2, 0.25) is 0 Å². The third-order valence-corrected chi connectivity index (χ3v) is 2.68. The van der Waals surface area contributed by atoms with E-state index in [0.29, 0.717) is 17.6 Å². The van der Waals surface area contributed by atoms with E-state index in [2.05, 4.69) is 5.32 Å². The van der Waals surface area contributed by atoms with Gasteiger partial charge in [-0.2, -0.15) is 0 Å².